The monoisotopic (exact) mass is 307 g/mol. The van der Waals surface area contributed by atoms with Gasteiger partial charge in [0.05, 0.1) is 11.8 Å². The molecule has 3 rings (SSSR count). The molecule has 0 aliphatic carbocycles. The molecule has 0 saturated carbocycles. The second kappa shape index (κ2) is 4.88. The van der Waals surface area contributed by atoms with E-state index in [0.717, 1.165) is 11.2 Å². The summed E-state index contributed by atoms with van der Waals surface area (Å²) in [7, 11) is -3.20. The van der Waals surface area contributed by atoms with Crippen LogP contribution in [-0.4, -0.2) is 36.3 Å². The number of furan rings is 1. The highest BCUT2D eigenvalue weighted by atomic mass is 32.2. The molecule has 0 radical (unpaired) electrons. The summed E-state index contributed by atoms with van der Waals surface area (Å²) >= 11 is 0. The third-order valence-electron chi connectivity index (χ3n) is 3.06. The van der Waals surface area contributed by atoms with Crippen molar-refractivity contribution in [2.24, 2.45) is 0 Å². The molecule has 0 unspecified atom stereocenters. The highest BCUT2D eigenvalue weighted by Gasteiger charge is 2.24. The number of nitrogens with zero attached hydrogens (tertiary/aromatic N) is 1. The molecule has 7 nitrogen and oxygen atoms in total. The lowest BCUT2D eigenvalue weighted by molar-refractivity contribution is 0.0942. The maximum Gasteiger partial charge on any atom is 0.272 e. The van der Waals surface area contributed by atoms with E-state index in [9.17, 15) is 13.2 Å². The van der Waals surface area contributed by atoms with E-state index in [2.05, 4.69) is 15.5 Å². The lowest BCUT2D eigenvalue weighted by atomic mass is 10.2. The third-order valence-corrected chi connectivity index (χ3v) is 4.46. The van der Waals surface area contributed by atoms with Crippen LogP contribution in [-0.2, 0) is 9.84 Å². The van der Waals surface area contributed by atoms with Gasteiger partial charge in [0.15, 0.2) is 21.3 Å². The first kappa shape index (κ1) is 13.6. The van der Waals surface area contributed by atoms with Gasteiger partial charge in [-0.3, -0.25) is 9.89 Å². The molecule has 0 saturated heterocycles. The van der Waals surface area contributed by atoms with Gasteiger partial charge >= 0.3 is 0 Å². The van der Waals surface area contributed by atoms with Crippen molar-refractivity contribution < 1.29 is 17.6 Å². The van der Waals surface area contributed by atoms with Crippen LogP contribution >= 0.6 is 0 Å². The minimum atomic E-state index is -3.20. The molecule has 110 valence electrons. The summed E-state index contributed by atoms with van der Waals surface area (Å²) in [5, 5.41) is 10.3. The van der Waals surface area contributed by atoms with Gasteiger partial charge in [0.2, 0.25) is 0 Å². The zero-order valence-electron chi connectivity index (χ0n) is 11.2. The summed E-state index contributed by atoms with van der Waals surface area (Å²) in [6, 6.07) is 4.62. The number of aromatic nitrogens is 2. The van der Waals surface area contributed by atoms with Crippen molar-refractivity contribution >= 4 is 15.7 Å². The summed E-state index contributed by atoms with van der Waals surface area (Å²) in [6.45, 7) is 1.82. The Morgan fingerprint density at radius 2 is 2.29 bits per heavy atom. The van der Waals surface area contributed by atoms with Crippen molar-refractivity contribution in [2.45, 2.75) is 13.0 Å². The Kier molecular flexibility index (Phi) is 3.17. The van der Waals surface area contributed by atoms with Crippen LogP contribution < -0.4 is 5.32 Å². The standard InChI is InChI=1S/C13H13N3O4S/c1-8-2-3-12(20-8)10-6-11(16-15-10)13(17)14-9-4-5-21(18,19)7-9/h2-6,9H,7H2,1H3,(H,14,17)(H,15,16)/t9-/m0/s1. The summed E-state index contributed by atoms with van der Waals surface area (Å²) in [5.41, 5.74) is 0.764. The predicted octanol–water partition coefficient (Wildman–Crippen LogP) is 1.02. The van der Waals surface area contributed by atoms with Gasteiger partial charge < -0.3 is 9.73 Å². The number of sulfone groups is 1. The van der Waals surface area contributed by atoms with Crippen LogP contribution in [0, 0.1) is 6.92 Å². The fraction of sp³-hybridized carbons (Fsp3) is 0.231. The second-order valence-electron chi connectivity index (χ2n) is 4.82. The van der Waals surface area contributed by atoms with Crippen molar-refractivity contribution in [3.63, 3.8) is 0 Å². The normalized spacial score (nSPS) is 19.8. The fourth-order valence-electron chi connectivity index (χ4n) is 2.05. The van der Waals surface area contributed by atoms with Gasteiger partial charge in [0.1, 0.15) is 11.5 Å². The number of hydrogen-bond acceptors (Lipinski definition) is 5. The van der Waals surface area contributed by atoms with Crippen molar-refractivity contribution in [2.75, 3.05) is 5.75 Å². The minimum absolute atomic E-state index is 0.118. The number of nitrogens with one attached hydrogen (secondary N) is 2. The quantitative estimate of drug-likeness (QED) is 0.880. The molecule has 0 fully saturated rings. The topological polar surface area (TPSA) is 105 Å². The van der Waals surface area contributed by atoms with Gasteiger partial charge in [0.25, 0.3) is 5.91 Å². The molecule has 2 N–H and O–H groups in total. The second-order valence-corrected chi connectivity index (χ2v) is 6.75. The van der Waals surface area contributed by atoms with Crippen LogP contribution in [0.4, 0.5) is 0 Å². The molecule has 8 heteroatoms. The molecule has 2 aromatic rings. The molecule has 21 heavy (non-hydrogen) atoms. The average Bonchev–Trinajstić information content (AvgIpc) is 3.09. The van der Waals surface area contributed by atoms with E-state index in [0.29, 0.717) is 11.5 Å². The molecule has 1 aliphatic heterocycles. The van der Waals surface area contributed by atoms with E-state index in [-0.39, 0.29) is 11.4 Å². The van der Waals surface area contributed by atoms with Crippen molar-refractivity contribution in [3.8, 4) is 11.5 Å². The highest BCUT2D eigenvalue weighted by Crippen LogP contribution is 2.20. The molecule has 1 amide bonds. The Morgan fingerprint density at radius 1 is 1.48 bits per heavy atom. The average molecular weight is 307 g/mol. The van der Waals surface area contributed by atoms with E-state index in [1.807, 2.05) is 13.0 Å². The molecule has 0 spiro atoms. The minimum Gasteiger partial charge on any atom is -0.460 e. The molecule has 1 atom stereocenters. The first-order valence-corrected chi connectivity index (χ1v) is 7.98. The van der Waals surface area contributed by atoms with Crippen LogP contribution in [0.15, 0.2) is 34.1 Å². The van der Waals surface area contributed by atoms with Gasteiger partial charge in [-0.2, -0.15) is 5.10 Å². The SMILES string of the molecule is Cc1ccc(-c2cc(C(=O)N[C@H]3C=CS(=O)(=O)C3)n[nH]2)o1. The molecular formula is C13H13N3O4S. The fourth-order valence-corrected chi connectivity index (χ4v) is 3.29. The summed E-state index contributed by atoms with van der Waals surface area (Å²) in [4.78, 5) is 12.0. The first-order chi connectivity index (χ1) is 9.93. The number of rotatable bonds is 3. The van der Waals surface area contributed by atoms with Crippen LogP contribution in [0.5, 0.6) is 0 Å². The molecule has 2 aromatic heterocycles. The van der Waals surface area contributed by atoms with Gasteiger partial charge in [-0.05, 0) is 25.1 Å². The van der Waals surface area contributed by atoms with Crippen molar-refractivity contribution in [3.05, 3.63) is 41.1 Å². The largest absolute Gasteiger partial charge is 0.460 e. The van der Waals surface area contributed by atoms with Crippen molar-refractivity contribution in [1.29, 1.82) is 0 Å². The molecule has 0 aromatic carbocycles. The Labute approximate surface area is 121 Å². The molecular weight excluding hydrogens is 294 g/mol. The van der Waals surface area contributed by atoms with Crippen LogP contribution in [0.1, 0.15) is 16.2 Å². The molecule has 0 bridgehead atoms. The zero-order chi connectivity index (χ0) is 15.0. The summed E-state index contributed by atoms with van der Waals surface area (Å²) in [5.74, 6) is 0.787. The Hall–Kier alpha value is -2.35. The maximum atomic E-state index is 12.0. The van der Waals surface area contributed by atoms with Gasteiger partial charge in [-0.1, -0.05) is 0 Å². The lowest BCUT2D eigenvalue weighted by Crippen LogP contribution is -2.35. The Balaban J connectivity index is 1.72. The first-order valence-electron chi connectivity index (χ1n) is 6.27. The number of carbonyl (C=O) groups excluding carboxylic acids is 1. The smallest absolute Gasteiger partial charge is 0.272 e. The summed E-state index contributed by atoms with van der Waals surface area (Å²) < 4.78 is 28.0. The molecule has 3 heterocycles. The number of carbonyl (C=O) groups is 1. The van der Waals surface area contributed by atoms with E-state index in [1.165, 1.54) is 6.08 Å². The van der Waals surface area contributed by atoms with Crippen LogP contribution in [0.3, 0.4) is 0 Å². The van der Waals surface area contributed by atoms with E-state index < -0.39 is 21.8 Å². The number of aryl methyl sites for hydroxylation is 1. The molecule has 1 aliphatic rings. The maximum absolute atomic E-state index is 12.0. The number of H-pyrrole nitrogens is 1. The van der Waals surface area contributed by atoms with Gasteiger partial charge in [0, 0.05) is 11.5 Å². The number of amides is 1. The Bertz CT molecular complexity index is 816. The van der Waals surface area contributed by atoms with Gasteiger partial charge in [-0.15, -0.1) is 0 Å². The van der Waals surface area contributed by atoms with Crippen LogP contribution in [0.25, 0.3) is 11.5 Å². The third kappa shape index (κ3) is 2.89. The number of aromatic amines is 1. The Morgan fingerprint density at radius 3 is 2.90 bits per heavy atom. The number of hydrogen-bond donors (Lipinski definition) is 2. The van der Waals surface area contributed by atoms with Crippen molar-refractivity contribution in [1.82, 2.24) is 15.5 Å². The summed E-state index contributed by atoms with van der Waals surface area (Å²) in [6.07, 6.45) is 1.46. The zero-order valence-corrected chi connectivity index (χ0v) is 12.0. The van der Waals surface area contributed by atoms with E-state index in [1.54, 1.807) is 12.1 Å². The predicted molar refractivity (Wildman–Crippen MR) is 75.2 cm³/mol. The van der Waals surface area contributed by atoms with E-state index >= 15 is 0 Å². The van der Waals surface area contributed by atoms with Crippen LogP contribution in [0.2, 0.25) is 0 Å². The van der Waals surface area contributed by atoms with Gasteiger partial charge in [-0.25, -0.2) is 8.42 Å². The lowest BCUT2D eigenvalue weighted by Gasteiger charge is -2.07. The van der Waals surface area contributed by atoms with E-state index in [4.69, 9.17) is 4.42 Å². The highest BCUT2D eigenvalue weighted by molar-refractivity contribution is 7.94.